The lowest BCUT2D eigenvalue weighted by Crippen LogP contribution is -2.07. The molecule has 0 N–H and O–H groups in total. The number of hydrogen-bond acceptors (Lipinski definition) is 3. The van der Waals surface area contributed by atoms with Crippen LogP contribution in [0, 0.1) is 0 Å². The molecular formula is C25H22O3. The van der Waals surface area contributed by atoms with Crippen molar-refractivity contribution in [2.24, 2.45) is 0 Å². The van der Waals surface area contributed by atoms with Crippen LogP contribution in [0.5, 0.6) is 11.5 Å². The summed E-state index contributed by atoms with van der Waals surface area (Å²) < 4.78 is 12.0. The summed E-state index contributed by atoms with van der Waals surface area (Å²) in [7, 11) is 0. The smallest absolute Gasteiger partial charge is 0.159 e. The molecule has 0 aromatic heterocycles. The Morgan fingerprint density at radius 3 is 2.46 bits per heavy atom. The van der Waals surface area contributed by atoms with E-state index in [-0.39, 0.29) is 5.78 Å². The van der Waals surface area contributed by atoms with E-state index in [1.165, 1.54) is 5.56 Å². The normalized spacial score (nSPS) is 13.7. The van der Waals surface area contributed by atoms with Crippen molar-refractivity contribution < 1.29 is 14.3 Å². The highest BCUT2D eigenvalue weighted by molar-refractivity contribution is 5.96. The van der Waals surface area contributed by atoms with Gasteiger partial charge in [-0.1, -0.05) is 60.7 Å². The second-order valence-electron chi connectivity index (χ2n) is 6.84. The summed E-state index contributed by atoms with van der Waals surface area (Å²) >= 11 is 0. The zero-order chi connectivity index (χ0) is 19.2. The van der Waals surface area contributed by atoms with Crippen molar-refractivity contribution in [3.05, 3.63) is 102 Å². The molecule has 0 aliphatic heterocycles. The summed E-state index contributed by atoms with van der Waals surface area (Å²) in [4.78, 5) is 12.2. The maximum Gasteiger partial charge on any atom is 0.159 e. The first-order valence-corrected chi connectivity index (χ1v) is 9.55. The van der Waals surface area contributed by atoms with Crippen molar-refractivity contribution in [3.63, 3.8) is 0 Å². The zero-order valence-electron chi connectivity index (χ0n) is 15.6. The van der Waals surface area contributed by atoms with Crippen LogP contribution in [0.3, 0.4) is 0 Å². The molecule has 0 saturated heterocycles. The van der Waals surface area contributed by atoms with Gasteiger partial charge >= 0.3 is 0 Å². The molecular weight excluding hydrogens is 348 g/mol. The van der Waals surface area contributed by atoms with E-state index in [2.05, 4.69) is 6.07 Å². The summed E-state index contributed by atoms with van der Waals surface area (Å²) in [6.07, 6.45) is 3.90. The van der Waals surface area contributed by atoms with Crippen LogP contribution < -0.4 is 9.47 Å². The molecule has 1 aliphatic carbocycles. The van der Waals surface area contributed by atoms with E-state index in [0.717, 1.165) is 29.7 Å². The lowest BCUT2D eigenvalue weighted by atomic mass is 9.96. The number of hydrogen-bond donors (Lipinski definition) is 0. The fourth-order valence-electron chi connectivity index (χ4n) is 3.31. The largest absolute Gasteiger partial charge is 0.489 e. The minimum atomic E-state index is 0.0981. The molecule has 0 bridgehead atoms. The van der Waals surface area contributed by atoms with Crippen LogP contribution in [-0.4, -0.2) is 5.78 Å². The number of allylic oxidation sites excluding steroid dienone is 1. The van der Waals surface area contributed by atoms with Gasteiger partial charge in [0, 0.05) is 24.1 Å². The standard InChI is InChI=1S/C25H22O3/c26-21-12-6-11-20-10-4-5-15-24(20)25(16-21)28-23-14-7-13-22(17-23)27-18-19-8-2-1-3-9-19/h1-5,7-10,13-17H,6,11-12,18H2. The highest BCUT2D eigenvalue weighted by Crippen LogP contribution is 2.29. The second-order valence-corrected chi connectivity index (χ2v) is 6.84. The van der Waals surface area contributed by atoms with Gasteiger partial charge in [0.1, 0.15) is 23.9 Å². The Balaban J connectivity index is 1.55. The number of ketones is 1. The van der Waals surface area contributed by atoms with Gasteiger partial charge in [-0.15, -0.1) is 0 Å². The van der Waals surface area contributed by atoms with Gasteiger partial charge in [-0.3, -0.25) is 4.79 Å². The Hall–Kier alpha value is -3.33. The molecule has 4 rings (SSSR count). The summed E-state index contributed by atoms with van der Waals surface area (Å²) in [5.41, 5.74) is 3.29. The van der Waals surface area contributed by atoms with Gasteiger partial charge in [-0.25, -0.2) is 0 Å². The molecule has 0 amide bonds. The van der Waals surface area contributed by atoms with Crippen LogP contribution in [0.1, 0.15) is 29.5 Å². The Bertz CT molecular complexity index is 989. The number of carbonyl (C=O) groups is 1. The van der Waals surface area contributed by atoms with Gasteiger partial charge in [-0.05, 0) is 36.1 Å². The number of aryl methyl sites for hydroxylation is 1. The lowest BCUT2D eigenvalue weighted by molar-refractivity contribution is -0.114. The van der Waals surface area contributed by atoms with Crippen LogP contribution in [0.2, 0.25) is 0 Å². The second kappa shape index (κ2) is 8.57. The molecule has 0 saturated carbocycles. The molecule has 3 heteroatoms. The summed E-state index contributed by atoms with van der Waals surface area (Å²) in [5.74, 6) is 2.08. The SMILES string of the molecule is O=C1C=C(Oc2cccc(OCc3ccccc3)c2)c2ccccc2CCC1. The molecule has 0 unspecified atom stereocenters. The van der Waals surface area contributed by atoms with Gasteiger partial charge in [0.25, 0.3) is 0 Å². The van der Waals surface area contributed by atoms with E-state index in [1.54, 1.807) is 6.08 Å². The average molecular weight is 370 g/mol. The van der Waals surface area contributed by atoms with Crippen LogP contribution >= 0.6 is 0 Å². The van der Waals surface area contributed by atoms with Crippen molar-refractivity contribution in [1.82, 2.24) is 0 Å². The van der Waals surface area contributed by atoms with E-state index < -0.39 is 0 Å². The third-order valence-electron chi connectivity index (χ3n) is 4.73. The first-order valence-electron chi connectivity index (χ1n) is 9.55. The zero-order valence-corrected chi connectivity index (χ0v) is 15.6. The number of benzene rings is 3. The number of fused-ring (bicyclic) bond motifs is 1. The van der Waals surface area contributed by atoms with Crippen LogP contribution in [0.4, 0.5) is 0 Å². The Kier molecular flexibility index (Phi) is 5.53. The van der Waals surface area contributed by atoms with E-state index in [9.17, 15) is 4.79 Å². The van der Waals surface area contributed by atoms with Gasteiger partial charge in [0.2, 0.25) is 0 Å². The highest BCUT2D eigenvalue weighted by Gasteiger charge is 2.15. The molecule has 0 spiro atoms. The van der Waals surface area contributed by atoms with Crippen molar-refractivity contribution in [3.8, 4) is 11.5 Å². The molecule has 3 aromatic carbocycles. The molecule has 0 fully saturated rings. The molecule has 0 heterocycles. The first kappa shape index (κ1) is 18.1. The minimum absolute atomic E-state index is 0.0981. The van der Waals surface area contributed by atoms with Crippen LogP contribution in [0.25, 0.3) is 5.76 Å². The van der Waals surface area contributed by atoms with E-state index >= 15 is 0 Å². The maximum atomic E-state index is 12.2. The minimum Gasteiger partial charge on any atom is -0.489 e. The molecule has 28 heavy (non-hydrogen) atoms. The molecule has 1 aliphatic rings. The molecule has 3 aromatic rings. The first-order chi connectivity index (χ1) is 13.8. The highest BCUT2D eigenvalue weighted by atomic mass is 16.5. The van der Waals surface area contributed by atoms with Gasteiger partial charge < -0.3 is 9.47 Å². The van der Waals surface area contributed by atoms with E-state index in [0.29, 0.717) is 24.5 Å². The number of carbonyl (C=O) groups excluding carboxylic acids is 1. The van der Waals surface area contributed by atoms with Crippen molar-refractivity contribution in [2.75, 3.05) is 0 Å². The fourth-order valence-corrected chi connectivity index (χ4v) is 3.31. The summed E-state index contributed by atoms with van der Waals surface area (Å²) in [6.45, 7) is 0.494. The van der Waals surface area contributed by atoms with Crippen molar-refractivity contribution in [2.45, 2.75) is 25.9 Å². The molecule has 140 valence electrons. The summed E-state index contributed by atoms with van der Waals surface area (Å²) in [6, 6.07) is 25.7. The third-order valence-corrected chi connectivity index (χ3v) is 4.73. The average Bonchev–Trinajstić information content (AvgIpc) is 2.72. The predicted octanol–water partition coefficient (Wildman–Crippen LogP) is 5.59. The topological polar surface area (TPSA) is 35.5 Å². The molecule has 0 radical (unpaired) electrons. The lowest BCUT2D eigenvalue weighted by Gasteiger charge is -2.17. The monoisotopic (exact) mass is 370 g/mol. The van der Waals surface area contributed by atoms with Crippen LogP contribution in [-0.2, 0) is 17.8 Å². The molecule has 0 atom stereocenters. The van der Waals surface area contributed by atoms with Gasteiger partial charge in [0.15, 0.2) is 5.78 Å². The number of ether oxygens (including phenoxy) is 2. The van der Waals surface area contributed by atoms with Crippen molar-refractivity contribution >= 4 is 11.5 Å². The van der Waals surface area contributed by atoms with Crippen LogP contribution in [0.15, 0.2) is 84.9 Å². The Morgan fingerprint density at radius 2 is 1.57 bits per heavy atom. The predicted molar refractivity (Wildman–Crippen MR) is 110 cm³/mol. The quantitative estimate of drug-likeness (QED) is 0.587. The Morgan fingerprint density at radius 1 is 0.786 bits per heavy atom. The maximum absolute atomic E-state index is 12.2. The Labute approximate surface area is 165 Å². The number of rotatable bonds is 5. The van der Waals surface area contributed by atoms with Gasteiger partial charge in [0.05, 0.1) is 0 Å². The molecule has 3 nitrogen and oxygen atoms in total. The summed E-state index contributed by atoms with van der Waals surface area (Å²) in [5, 5.41) is 0. The van der Waals surface area contributed by atoms with E-state index in [4.69, 9.17) is 9.47 Å². The third kappa shape index (κ3) is 4.49. The fraction of sp³-hybridized carbons (Fsp3) is 0.160. The van der Waals surface area contributed by atoms with Gasteiger partial charge in [-0.2, -0.15) is 0 Å². The van der Waals surface area contributed by atoms with E-state index in [1.807, 2.05) is 72.8 Å². The van der Waals surface area contributed by atoms with Crippen molar-refractivity contribution in [1.29, 1.82) is 0 Å².